The van der Waals surface area contributed by atoms with Crippen molar-refractivity contribution in [2.75, 3.05) is 0 Å². The van der Waals surface area contributed by atoms with Crippen molar-refractivity contribution in [3.8, 4) is 0 Å². The van der Waals surface area contributed by atoms with Crippen LogP contribution in [0.25, 0.3) is 10.8 Å². The van der Waals surface area contributed by atoms with Crippen LogP contribution in [0.3, 0.4) is 0 Å². The Kier molecular flexibility index (Phi) is 6.67. The molecule has 6 heteroatoms. The number of hydrogen-bond acceptors (Lipinski definition) is 4. The van der Waals surface area contributed by atoms with Gasteiger partial charge in [-0.25, -0.2) is 0 Å². The summed E-state index contributed by atoms with van der Waals surface area (Å²) < 4.78 is 0. The predicted octanol–water partition coefficient (Wildman–Crippen LogP) is 3.91. The summed E-state index contributed by atoms with van der Waals surface area (Å²) in [5.41, 5.74) is 1.29. The number of carboxylic acids is 1. The molecule has 0 spiro atoms. The topological polar surface area (TPSA) is 83.5 Å². The average molecular weight is 407 g/mol. The molecule has 0 aromatic heterocycles. The second-order valence-electron chi connectivity index (χ2n) is 6.71. The molecule has 0 unspecified atom stereocenters. The van der Waals surface area contributed by atoms with Crippen LogP contribution in [-0.2, 0) is 16.0 Å². The fourth-order valence-electron chi connectivity index (χ4n) is 2.93. The first-order chi connectivity index (χ1) is 13.9. The number of carbonyl (C=O) groups is 3. The van der Waals surface area contributed by atoms with Gasteiger partial charge < -0.3 is 10.4 Å². The van der Waals surface area contributed by atoms with E-state index in [2.05, 4.69) is 5.32 Å². The van der Waals surface area contributed by atoms with Crippen molar-refractivity contribution in [2.45, 2.75) is 24.6 Å². The van der Waals surface area contributed by atoms with E-state index in [1.54, 1.807) is 37.3 Å². The lowest BCUT2D eigenvalue weighted by molar-refractivity contribution is -0.136. The Morgan fingerprint density at radius 3 is 2.28 bits per heavy atom. The molecule has 0 aliphatic carbocycles. The molecule has 3 rings (SSSR count). The third-order valence-corrected chi connectivity index (χ3v) is 5.74. The third-order valence-electron chi connectivity index (χ3n) is 4.51. The highest BCUT2D eigenvalue weighted by Crippen LogP contribution is 2.22. The SMILES string of the molecule is C[C@@H](NC(=O)c1ccccc1)C(=O)S[C@H](Cc1ccc2ccccc2c1)C(=O)O. The fraction of sp³-hybridized carbons (Fsp3) is 0.174. The van der Waals surface area contributed by atoms with Crippen molar-refractivity contribution in [1.29, 1.82) is 0 Å². The number of carbonyl (C=O) groups excluding carboxylic acids is 2. The Balaban J connectivity index is 1.65. The van der Waals surface area contributed by atoms with Crippen LogP contribution in [-0.4, -0.2) is 33.4 Å². The molecule has 2 atom stereocenters. The Bertz CT molecular complexity index is 1040. The van der Waals surface area contributed by atoms with E-state index in [4.69, 9.17) is 0 Å². The molecule has 29 heavy (non-hydrogen) atoms. The molecule has 1 amide bonds. The molecule has 3 aromatic rings. The zero-order valence-corrected chi connectivity index (χ0v) is 16.7. The van der Waals surface area contributed by atoms with Crippen LogP contribution in [0.5, 0.6) is 0 Å². The number of carboxylic acid groups (broad SMARTS) is 1. The van der Waals surface area contributed by atoms with Gasteiger partial charge in [0.1, 0.15) is 5.25 Å². The van der Waals surface area contributed by atoms with Crippen molar-refractivity contribution < 1.29 is 19.5 Å². The molecule has 0 fully saturated rings. The lowest BCUT2D eigenvalue weighted by Gasteiger charge is -2.16. The molecule has 0 saturated carbocycles. The van der Waals surface area contributed by atoms with Crippen molar-refractivity contribution in [2.24, 2.45) is 0 Å². The summed E-state index contributed by atoms with van der Waals surface area (Å²) in [7, 11) is 0. The van der Waals surface area contributed by atoms with Crippen molar-refractivity contribution in [3.05, 3.63) is 83.9 Å². The van der Waals surface area contributed by atoms with Gasteiger partial charge in [-0.2, -0.15) is 0 Å². The molecule has 0 bridgehead atoms. The summed E-state index contributed by atoms with van der Waals surface area (Å²) in [6.45, 7) is 1.56. The van der Waals surface area contributed by atoms with Gasteiger partial charge in [0, 0.05) is 5.56 Å². The number of hydrogen-bond donors (Lipinski definition) is 2. The number of amides is 1. The monoisotopic (exact) mass is 407 g/mol. The van der Waals surface area contributed by atoms with E-state index in [0.717, 1.165) is 28.1 Å². The Labute approximate surface area is 173 Å². The van der Waals surface area contributed by atoms with E-state index in [0.29, 0.717) is 5.56 Å². The zero-order valence-electron chi connectivity index (χ0n) is 15.9. The number of benzene rings is 3. The van der Waals surface area contributed by atoms with Crippen molar-refractivity contribution >= 4 is 39.5 Å². The van der Waals surface area contributed by atoms with Gasteiger partial charge in [-0.05, 0) is 41.8 Å². The van der Waals surface area contributed by atoms with Crippen LogP contribution in [0.2, 0.25) is 0 Å². The van der Waals surface area contributed by atoms with E-state index < -0.39 is 17.3 Å². The minimum absolute atomic E-state index is 0.218. The lowest BCUT2D eigenvalue weighted by Crippen LogP contribution is -2.38. The molecule has 148 valence electrons. The molecule has 0 radical (unpaired) electrons. The number of rotatable bonds is 7. The van der Waals surface area contributed by atoms with Gasteiger partial charge in [-0.1, -0.05) is 72.4 Å². The van der Waals surface area contributed by atoms with Gasteiger partial charge in [0.15, 0.2) is 0 Å². The van der Waals surface area contributed by atoms with Gasteiger partial charge in [-0.15, -0.1) is 0 Å². The molecular formula is C23H21NO4S. The van der Waals surface area contributed by atoms with Crippen LogP contribution in [0.1, 0.15) is 22.8 Å². The molecule has 0 aliphatic heterocycles. The molecule has 5 nitrogen and oxygen atoms in total. The maximum Gasteiger partial charge on any atom is 0.317 e. The van der Waals surface area contributed by atoms with E-state index in [1.807, 2.05) is 42.5 Å². The molecule has 0 saturated heterocycles. The summed E-state index contributed by atoms with van der Waals surface area (Å²) in [6, 6.07) is 21.4. The van der Waals surface area contributed by atoms with Gasteiger partial charge in [0.25, 0.3) is 5.91 Å². The maximum absolute atomic E-state index is 12.5. The van der Waals surface area contributed by atoms with Crippen LogP contribution < -0.4 is 5.32 Å². The average Bonchev–Trinajstić information content (AvgIpc) is 2.73. The first kappa shape index (κ1) is 20.6. The highest BCUT2D eigenvalue weighted by molar-refractivity contribution is 8.14. The summed E-state index contributed by atoms with van der Waals surface area (Å²) in [5, 5.41) is 13.0. The largest absolute Gasteiger partial charge is 0.480 e. The molecule has 3 aromatic carbocycles. The van der Waals surface area contributed by atoms with Gasteiger partial charge in [0.2, 0.25) is 5.12 Å². The Morgan fingerprint density at radius 1 is 0.931 bits per heavy atom. The number of thioether (sulfide) groups is 1. The van der Waals surface area contributed by atoms with E-state index in [1.165, 1.54) is 0 Å². The summed E-state index contributed by atoms with van der Waals surface area (Å²) >= 11 is 0.745. The van der Waals surface area contributed by atoms with E-state index in [9.17, 15) is 19.5 Å². The Morgan fingerprint density at radius 2 is 1.59 bits per heavy atom. The smallest absolute Gasteiger partial charge is 0.317 e. The van der Waals surface area contributed by atoms with Crippen LogP contribution >= 0.6 is 11.8 Å². The van der Waals surface area contributed by atoms with Gasteiger partial charge in [0.05, 0.1) is 6.04 Å². The molecule has 0 heterocycles. The molecular weight excluding hydrogens is 386 g/mol. The second kappa shape index (κ2) is 9.39. The van der Waals surface area contributed by atoms with Gasteiger partial charge in [-0.3, -0.25) is 14.4 Å². The highest BCUT2D eigenvalue weighted by atomic mass is 32.2. The quantitative estimate of drug-likeness (QED) is 0.620. The summed E-state index contributed by atoms with van der Waals surface area (Å²) in [4.78, 5) is 36.4. The predicted molar refractivity (Wildman–Crippen MR) is 115 cm³/mol. The van der Waals surface area contributed by atoms with Crippen molar-refractivity contribution in [1.82, 2.24) is 5.32 Å². The van der Waals surface area contributed by atoms with E-state index >= 15 is 0 Å². The minimum atomic E-state index is -1.06. The van der Waals surface area contributed by atoms with Crippen LogP contribution in [0.15, 0.2) is 72.8 Å². The first-order valence-electron chi connectivity index (χ1n) is 9.21. The second-order valence-corrected chi connectivity index (χ2v) is 7.92. The number of nitrogens with one attached hydrogen (secondary N) is 1. The first-order valence-corrected chi connectivity index (χ1v) is 10.1. The third kappa shape index (κ3) is 5.45. The van der Waals surface area contributed by atoms with Crippen molar-refractivity contribution in [3.63, 3.8) is 0 Å². The summed E-state index contributed by atoms with van der Waals surface area (Å²) in [5.74, 6) is -1.42. The Hall–Kier alpha value is -3.12. The minimum Gasteiger partial charge on any atom is -0.480 e. The molecule has 0 aliphatic rings. The fourth-order valence-corrected chi connectivity index (χ4v) is 3.85. The maximum atomic E-state index is 12.5. The highest BCUT2D eigenvalue weighted by Gasteiger charge is 2.26. The molecule has 2 N–H and O–H groups in total. The zero-order chi connectivity index (χ0) is 20.8. The normalized spacial score (nSPS) is 12.9. The number of aliphatic carboxylic acids is 1. The standard InChI is InChI=1S/C23H21NO4S/c1-15(24-21(25)18-8-3-2-4-9-18)23(28)29-20(22(26)27)14-16-11-12-17-7-5-6-10-19(17)13-16/h2-13,15,20H,14H2,1H3,(H,24,25)(H,26,27)/t15-,20-/m1/s1. The lowest BCUT2D eigenvalue weighted by atomic mass is 10.0. The van der Waals surface area contributed by atoms with E-state index in [-0.39, 0.29) is 17.4 Å². The van der Waals surface area contributed by atoms with Crippen LogP contribution in [0.4, 0.5) is 0 Å². The van der Waals surface area contributed by atoms with Crippen LogP contribution in [0, 0.1) is 0 Å². The van der Waals surface area contributed by atoms with Gasteiger partial charge >= 0.3 is 5.97 Å². The summed E-state index contributed by atoms with van der Waals surface area (Å²) in [6.07, 6.45) is 0.218. The number of fused-ring (bicyclic) bond motifs is 1.